The number of ether oxygens (including phenoxy) is 1. The van der Waals surface area contributed by atoms with Crippen molar-refractivity contribution < 1.29 is 40.3 Å². The second kappa shape index (κ2) is 11.3. The molecule has 2 amide bonds. The fourth-order valence-corrected chi connectivity index (χ4v) is 5.77. The zero-order valence-electron chi connectivity index (χ0n) is 20.4. The lowest BCUT2D eigenvalue weighted by molar-refractivity contribution is 0.0307. The van der Waals surface area contributed by atoms with Crippen molar-refractivity contribution in [1.82, 2.24) is 14.1 Å². The number of likely N-dealkylation sites (N-methyl/N-ethyl adjacent to an activating group) is 1. The summed E-state index contributed by atoms with van der Waals surface area (Å²) in [5, 5.41) is 2.13. The molecule has 0 saturated carbocycles. The Morgan fingerprint density at radius 3 is 2.11 bits per heavy atom. The highest BCUT2D eigenvalue weighted by Crippen LogP contribution is 2.26. The van der Waals surface area contributed by atoms with E-state index in [2.05, 4.69) is 10.2 Å². The van der Waals surface area contributed by atoms with Gasteiger partial charge in [-0.15, -0.1) is 0 Å². The molecule has 2 aliphatic rings. The monoisotopic (exact) mass is 558 g/mol. The Morgan fingerprint density at radius 2 is 1.50 bits per heavy atom. The van der Waals surface area contributed by atoms with Crippen molar-refractivity contribution in [3.63, 3.8) is 0 Å². The van der Waals surface area contributed by atoms with Crippen LogP contribution in [0.2, 0.25) is 0 Å². The molecular weight excluding hydrogens is 532 g/mol. The largest absolute Gasteiger partial charge is 0.446 e. The standard InChI is InChI=1S/C24H26F4N4O5S/c1-30-8-10-31(11-9-30)24(34)37-17-4-6-32(7-5-17)38(35,36)21-12-15(2-3-18(21)25)23(33)29-16-13-19(26)22(28)20(27)14-16/h2-3,12-14,17H,4-11H2,1H3,(H,29,33). The Kier molecular flexibility index (Phi) is 8.23. The van der Waals surface area contributed by atoms with Crippen LogP contribution in [0.1, 0.15) is 23.2 Å². The van der Waals surface area contributed by atoms with Crippen LogP contribution in [-0.4, -0.2) is 86.9 Å². The summed E-state index contributed by atoms with van der Waals surface area (Å²) in [6.07, 6.45) is -0.526. The molecule has 0 radical (unpaired) electrons. The number of amides is 2. The molecule has 1 N–H and O–H groups in total. The van der Waals surface area contributed by atoms with Crippen LogP contribution in [0.25, 0.3) is 0 Å². The van der Waals surface area contributed by atoms with Gasteiger partial charge in [0.25, 0.3) is 5.91 Å². The molecule has 206 valence electrons. The van der Waals surface area contributed by atoms with E-state index in [1.165, 1.54) is 0 Å². The van der Waals surface area contributed by atoms with Gasteiger partial charge < -0.3 is 19.9 Å². The molecule has 4 rings (SSSR count). The second-order valence-electron chi connectivity index (χ2n) is 9.13. The van der Waals surface area contributed by atoms with Crippen molar-refractivity contribution in [2.75, 3.05) is 51.6 Å². The van der Waals surface area contributed by atoms with Crippen LogP contribution in [-0.2, 0) is 14.8 Å². The fraction of sp³-hybridized carbons (Fsp3) is 0.417. The van der Waals surface area contributed by atoms with E-state index in [1.807, 2.05) is 7.05 Å². The van der Waals surface area contributed by atoms with Crippen LogP contribution in [0.3, 0.4) is 0 Å². The van der Waals surface area contributed by atoms with Gasteiger partial charge in [-0.05, 0) is 38.1 Å². The van der Waals surface area contributed by atoms with Crippen molar-refractivity contribution in [2.45, 2.75) is 23.8 Å². The zero-order chi connectivity index (χ0) is 27.6. The third kappa shape index (κ3) is 6.08. The molecule has 0 bridgehead atoms. The van der Waals surface area contributed by atoms with Gasteiger partial charge in [-0.25, -0.2) is 30.8 Å². The van der Waals surface area contributed by atoms with Gasteiger partial charge in [0.15, 0.2) is 17.5 Å². The number of nitrogens with zero attached hydrogens (tertiary/aromatic N) is 3. The summed E-state index contributed by atoms with van der Waals surface area (Å²) in [5.41, 5.74) is -0.709. The molecule has 2 aromatic rings. The van der Waals surface area contributed by atoms with Crippen LogP contribution in [0.4, 0.5) is 28.0 Å². The molecule has 2 heterocycles. The number of anilines is 1. The molecular formula is C24H26F4N4O5S. The summed E-state index contributed by atoms with van der Waals surface area (Å²) in [7, 11) is -2.41. The lowest BCUT2D eigenvalue weighted by Gasteiger charge is -2.35. The van der Waals surface area contributed by atoms with Gasteiger partial charge >= 0.3 is 6.09 Å². The Labute approximate surface area is 217 Å². The highest BCUT2D eigenvalue weighted by Gasteiger charge is 2.34. The molecule has 14 heteroatoms. The minimum absolute atomic E-state index is 0.0347. The average molecular weight is 559 g/mol. The van der Waals surface area contributed by atoms with Crippen LogP contribution in [0, 0.1) is 23.3 Å². The minimum atomic E-state index is -4.37. The van der Waals surface area contributed by atoms with E-state index < -0.39 is 62.0 Å². The van der Waals surface area contributed by atoms with Crippen molar-refractivity contribution in [3.05, 3.63) is 59.2 Å². The van der Waals surface area contributed by atoms with Gasteiger partial charge in [0, 0.05) is 62.7 Å². The van der Waals surface area contributed by atoms with Crippen LogP contribution >= 0.6 is 0 Å². The zero-order valence-corrected chi connectivity index (χ0v) is 21.2. The summed E-state index contributed by atoms with van der Waals surface area (Å²) in [4.78, 5) is 27.9. The van der Waals surface area contributed by atoms with E-state index >= 15 is 0 Å². The number of hydrogen-bond donors (Lipinski definition) is 1. The van der Waals surface area contributed by atoms with E-state index in [0.29, 0.717) is 25.2 Å². The quantitative estimate of drug-likeness (QED) is 0.448. The number of piperidine rings is 1. The number of piperazine rings is 1. The van der Waals surface area contributed by atoms with Crippen molar-refractivity contribution >= 4 is 27.7 Å². The van der Waals surface area contributed by atoms with Crippen LogP contribution in [0.15, 0.2) is 35.2 Å². The normalized spacial score (nSPS) is 17.9. The predicted molar refractivity (Wildman–Crippen MR) is 128 cm³/mol. The Morgan fingerprint density at radius 1 is 0.895 bits per heavy atom. The summed E-state index contributed by atoms with van der Waals surface area (Å²) in [6.45, 7) is 2.46. The topological polar surface area (TPSA) is 99.3 Å². The maximum atomic E-state index is 14.6. The maximum Gasteiger partial charge on any atom is 0.410 e. The Hall–Kier alpha value is -3.23. The number of hydrogen-bond acceptors (Lipinski definition) is 6. The Bertz CT molecular complexity index is 1300. The SMILES string of the molecule is CN1CCN(C(=O)OC2CCN(S(=O)(=O)c3cc(C(=O)Nc4cc(F)c(F)c(F)c4)ccc3F)CC2)CC1. The summed E-state index contributed by atoms with van der Waals surface area (Å²) < 4.78 is 87.5. The van der Waals surface area contributed by atoms with Gasteiger partial charge in [0.05, 0.1) is 0 Å². The number of benzene rings is 2. The molecule has 2 aromatic carbocycles. The van der Waals surface area contributed by atoms with Gasteiger partial charge in [-0.2, -0.15) is 4.31 Å². The van der Waals surface area contributed by atoms with Crippen LogP contribution < -0.4 is 5.32 Å². The molecule has 38 heavy (non-hydrogen) atoms. The number of carbonyl (C=O) groups excluding carboxylic acids is 2. The van der Waals surface area contributed by atoms with E-state index in [4.69, 9.17) is 4.74 Å². The molecule has 0 unspecified atom stereocenters. The van der Waals surface area contributed by atoms with E-state index in [0.717, 1.165) is 35.6 Å². The van der Waals surface area contributed by atoms with Gasteiger partial charge in [0.1, 0.15) is 16.8 Å². The van der Waals surface area contributed by atoms with Gasteiger partial charge in [-0.1, -0.05) is 0 Å². The summed E-state index contributed by atoms with van der Waals surface area (Å²) in [6, 6.07) is 3.72. The molecule has 0 aliphatic carbocycles. The maximum absolute atomic E-state index is 14.6. The summed E-state index contributed by atoms with van der Waals surface area (Å²) in [5.74, 6) is -6.85. The number of rotatable bonds is 5. The number of halogens is 4. The highest BCUT2D eigenvalue weighted by atomic mass is 32.2. The third-order valence-electron chi connectivity index (χ3n) is 6.48. The van der Waals surface area contributed by atoms with Gasteiger partial charge in [-0.3, -0.25) is 4.79 Å². The lowest BCUT2D eigenvalue weighted by atomic mass is 10.1. The third-order valence-corrected chi connectivity index (χ3v) is 8.40. The first kappa shape index (κ1) is 27.8. The first-order valence-electron chi connectivity index (χ1n) is 11.9. The lowest BCUT2D eigenvalue weighted by Crippen LogP contribution is -2.49. The highest BCUT2D eigenvalue weighted by molar-refractivity contribution is 7.89. The minimum Gasteiger partial charge on any atom is -0.446 e. The predicted octanol–water partition coefficient (Wildman–Crippen LogP) is 3.03. The number of sulfonamides is 1. The van der Waals surface area contributed by atoms with Crippen molar-refractivity contribution in [2.24, 2.45) is 0 Å². The smallest absolute Gasteiger partial charge is 0.410 e. The second-order valence-corrected chi connectivity index (χ2v) is 11.0. The average Bonchev–Trinajstić information content (AvgIpc) is 2.88. The first-order chi connectivity index (χ1) is 18.0. The van der Waals surface area contributed by atoms with E-state index in [-0.39, 0.29) is 31.5 Å². The fourth-order valence-electron chi connectivity index (χ4n) is 4.21. The molecule has 0 spiro atoms. The molecule has 0 atom stereocenters. The van der Waals surface area contributed by atoms with E-state index in [1.54, 1.807) is 4.90 Å². The Balaban J connectivity index is 1.41. The number of nitrogens with one attached hydrogen (secondary N) is 1. The molecule has 0 aromatic heterocycles. The summed E-state index contributed by atoms with van der Waals surface area (Å²) >= 11 is 0. The molecule has 2 fully saturated rings. The van der Waals surface area contributed by atoms with Gasteiger partial charge in [0.2, 0.25) is 10.0 Å². The first-order valence-corrected chi connectivity index (χ1v) is 13.3. The van der Waals surface area contributed by atoms with Crippen molar-refractivity contribution in [3.8, 4) is 0 Å². The molecule has 9 nitrogen and oxygen atoms in total. The van der Waals surface area contributed by atoms with Crippen molar-refractivity contribution in [1.29, 1.82) is 0 Å². The number of carbonyl (C=O) groups is 2. The van der Waals surface area contributed by atoms with Crippen LogP contribution in [0.5, 0.6) is 0 Å². The van der Waals surface area contributed by atoms with E-state index in [9.17, 15) is 35.6 Å². The molecule has 2 saturated heterocycles. The molecule has 2 aliphatic heterocycles.